The van der Waals surface area contributed by atoms with E-state index in [1.54, 1.807) is 30.4 Å². The summed E-state index contributed by atoms with van der Waals surface area (Å²) in [6, 6.07) is 10.2. The minimum Gasteiger partial charge on any atom is -0.250 e. The van der Waals surface area contributed by atoms with Crippen LogP contribution in [-0.4, -0.2) is 19.9 Å². The van der Waals surface area contributed by atoms with E-state index in [0.29, 0.717) is 5.65 Å². The number of fused-ring (bicyclic) bond motifs is 1. The molecule has 2 heterocycles. The Bertz CT molecular complexity index is 657. The van der Waals surface area contributed by atoms with Gasteiger partial charge in [0.1, 0.15) is 11.3 Å². The molecule has 0 aliphatic carbocycles. The molecule has 0 unspecified atom stereocenters. The summed E-state index contributed by atoms with van der Waals surface area (Å²) in [4.78, 5) is 18.2. The molecule has 0 radical (unpaired) electrons. The number of thioether (sulfide) groups is 1. The van der Waals surface area contributed by atoms with Crippen LogP contribution in [0, 0.1) is 0 Å². The lowest BCUT2D eigenvalue weighted by molar-refractivity contribution is 1.04. The van der Waals surface area contributed by atoms with Crippen LogP contribution in [-0.2, 0) is 5.75 Å². The number of hydrogen-bond donors (Lipinski definition) is 0. The number of benzene rings is 1. The maximum atomic E-state index is 4.38. The first-order valence-corrected chi connectivity index (χ1v) is 6.51. The lowest BCUT2D eigenvalue weighted by atomic mass is 10.4. The Morgan fingerprint density at radius 2 is 1.78 bits per heavy atom. The van der Waals surface area contributed by atoms with Crippen molar-refractivity contribution < 1.29 is 0 Å². The topological polar surface area (TPSA) is 51.6 Å². The second-order valence-corrected chi connectivity index (χ2v) is 4.70. The zero-order valence-electron chi connectivity index (χ0n) is 9.52. The SMILES string of the molecule is c1ccc(SCc2ncc3nccnc3n2)cc1. The van der Waals surface area contributed by atoms with Crippen molar-refractivity contribution in [2.75, 3.05) is 0 Å². The van der Waals surface area contributed by atoms with Crippen molar-refractivity contribution in [2.45, 2.75) is 10.6 Å². The first kappa shape index (κ1) is 11.1. The molecule has 0 N–H and O–H groups in total. The molecule has 0 atom stereocenters. The van der Waals surface area contributed by atoms with E-state index in [0.717, 1.165) is 17.1 Å². The van der Waals surface area contributed by atoms with Gasteiger partial charge < -0.3 is 0 Å². The molecule has 4 nitrogen and oxygen atoms in total. The molecule has 1 aromatic carbocycles. The molecule has 0 saturated carbocycles. The van der Waals surface area contributed by atoms with Gasteiger partial charge in [0, 0.05) is 17.3 Å². The zero-order chi connectivity index (χ0) is 12.2. The molecule has 18 heavy (non-hydrogen) atoms. The fourth-order valence-corrected chi connectivity index (χ4v) is 2.32. The Kier molecular flexibility index (Phi) is 3.14. The Morgan fingerprint density at radius 1 is 0.944 bits per heavy atom. The second-order valence-electron chi connectivity index (χ2n) is 3.65. The van der Waals surface area contributed by atoms with Crippen molar-refractivity contribution in [3.05, 3.63) is 54.7 Å². The summed E-state index contributed by atoms with van der Waals surface area (Å²) in [7, 11) is 0. The highest BCUT2D eigenvalue weighted by Crippen LogP contribution is 2.20. The molecule has 0 spiro atoms. The van der Waals surface area contributed by atoms with Gasteiger partial charge in [-0.2, -0.15) is 0 Å². The van der Waals surface area contributed by atoms with Crippen LogP contribution in [0.2, 0.25) is 0 Å². The highest BCUT2D eigenvalue weighted by atomic mass is 32.2. The van der Waals surface area contributed by atoms with Crippen LogP contribution < -0.4 is 0 Å². The highest BCUT2D eigenvalue weighted by molar-refractivity contribution is 7.98. The van der Waals surface area contributed by atoms with E-state index in [2.05, 4.69) is 32.1 Å². The molecule has 0 fully saturated rings. The summed E-state index contributed by atoms with van der Waals surface area (Å²) < 4.78 is 0. The Morgan fingerprint density at radius 3 is 2.67 bits per heavy atom. The maximum absolute atomic E-state index is 4.38. The van der Waals surface area contributed by atoms with Crippen LogP contribution in [0.5, 0.6) is 0 Å². The van der Waals surface area contributed by atoms with Gasteiger partial charge in [-0.25, -0.2) is 19.9 Å². The van der Waals surface area contributed by atoms with Crippen LogP contribution in [0.3, 0.4) is 0 Å². The van der Waals surface area contributed by atoms with Crippen LogP contribution in [0.4, 0.5) is 0 Å². The average Bonchev–Trinajstić information content (AvgIpc) is 2.46. The Hall–Kier alpha value is -2.01. The normalized spacial score (nSPS) is 10.7. The smallest absolute Gasteiger partial charge is 0.181 e. The molecule has 3 rings (SSSR count). The van der Waals surface area contributed by atoms with Crippen molar-refractivity contribution in [1.82, 2.24) is 19.9 Å². The van der Waals surface area contributed by atoms with Gasteiger partial charge in [0.2, 0.25) is 0 Å². The molecule has 3 aromatic rings. The minimum atomic E-state index is 0.649. The van der Waals surface area contributed by atoms with Crippen LogP contribution in [0.1, 0.15) is 5.82 Å². The minimum absolute atomic E-state index is 0.649. The molecule has 0 bridgehead atoms. The largest absolute Gasteiger partial charge is 0.250 e. The van der Waals surface area contributed by atoms with Crippen molar-refractivity contribution in [3.63, 3.8) is 0 Å². The molecular weight excluding hydrogens is 244 g/mol. The van der Waals surface area contributed by atoms with E-state index < -0.39 is 0 Å². The van der Waals surface area contributed by atoms with E-state index in [-0.39, 0.29) is 0 Å². The number of aromatic nitrogens is 4. The van der Waals surface area contributed by atoms with Crippen molar-refractivity contribution in [1.29, 1.82) is 0 Å². The first-order chi connectivity index (χ1) is 8.92. The molecule has 0 amide bonds. The van der Waals surface area contributed by atoms with Crippen LogP contribution in [0.25, 0.3) is 11.2 Å². The quantitative estimate of drug-likeness (QED) is 0.673. The number of nitrogens with zero attached hydrogens (tertiary/aromatic N) is 4. The average molecular weight is 254 g/mol. The van der Waals surface area contributed by atoms with E-state index in [1.807, 2.05) is 18.2 Å². The van der Waals surface area contributed by atoms with Crippen LogP contribution in [0.15, 0.2) is 53.8 Å². The summed E-state index contributed by atoms with van der Waals surface area (Å²) in [5.74, 6) is 1.51. The van der Waals surface area contributed by atoms with E-state index in [1.165, 1.54) is 4.90 Å². The molecule has 0 aliphatic rings. The fraction of sp³-hybridized carbons (Fsp3) is 0.0769. The zero-order valence-corrected chi connectivity index (χ0v) is 10.3. The highest BCUT2D eigenvalue weighted by Gasteiger charge is 2.02. The molecule has 2 aromatic heterocycles. The summed E-state index contributed by atoms with van der Waals surface area (Å²) in [5, 5.41) is 0. The van der Waals surface area contributed by atoms with Crippen molar-refractivity contribution in [3.8, 4) is 0 Å². The van der Waals surface area contributed by atoms with Gasteiger partial charge in [0.15, 0.2) is 5.65 Å². The first-order valence-electron chi connectivity index (χ1n) is 5.52. The number of hydrogen-bond acceptors (Lipinski definition) is 5. The van der Waals surface area contributed by atoms with Gasteiger partial charge >= 0.3 is 0 Å². The second kappa shape index (κ2) is 5.10. The van der Waals surface area contributed by atoms with Crippen LogP contribution >= 0.6 is 11.8 Å². The lowest BCUT2D eigenvalue weighted by Gasteiger charge is -2.01. The molecular formula is C13H10N4S. The Balaban J connectivity index is 1.79. The molecule has 0 saturated heterocycles. The third-order valence-corrected chi connectivity index (χ3v) is 3.40. The van der Waals surface area contributed by atoms with Gasteiger partial charge in [0.25, 0.3) is 0 Å². The van der Waals surface area contributed by atoms with Gasteiger partial charge in [-0.05, 0) is 12.1 Å². The predicted molar refractivity (Wildman–Crippen MR) is 71.1 cm³/mol. The Labute approximate surface area is 109 Å². The third-order valence-electron chi connectivity index (χ3n) is 2.39. The van der Waals surface area contributed by atoms with E-state index in [9.17, 15) is 0 Å². The summed E-state index contributed by atoms with van der Waals surface area (Å²) in [5.41, 5.74) is 1.38. The summed E-state index contributed by atoms with van der Waals surface area (Å²) >= 11 is 1.71. The van der Waals surface area contributed by atoms with Crippen molar-refractivity contribution in [2.24, 2.45) is 0 Å². The molecule has 0 aliphatic heterocycles. The third kappa shape index (κ3) is 2.46. The van der Waals surface area contributed by atoms with Gasteiger partial charge in [0.05, 0.1) is 11.9 Å². The summed E-state index contributed by atoms with van der Waals surface area (Å²) in [6.07, 6.45) is 5.00. The standard InChI is InChI=1S/C13H10N4S/c1-2-4-10(5-3-1)18-9-12-16-8-11-13(17-12)15-7-6-14-11/h1-8H,9H2. The summed E-state index contributed by atoms with van der Waals surface area (Å²) in [6.45, 7) is 0. The van der Waals surface area contributed by atoms with Crippen molar-refractivity contribution >= 4 is 22.9 Å². The maximum Gasteiger partial charge on any atom is 0.181 e. The van der Waals surface area contributed by atoms with Gasteiger partial charge in [-0.1, -0.05) is 18.2 Å². The molecule has 88 valence electrons. The molecule has 5 heteroatoms. The van der Waals surface area contributed by atoms with E-state index in [4.69, 9.17) is 0 Å². The van der Waals surface area contributed by atoms with Gasteiger partial charge in [-0.3, -0.25) is 0 Å². The van der Waals surface area contributed by atoms with Gasteiger partial charge in [-0.15, -0.1) is 11.8 Å². The fourth-order valence-electron chi connectivity index (χ4n) is 1.54. The van der Waals surface area contributed by atoms with E-state index >= 15 is 0 Å². The monoisotopic (exact) mass is 254 g/mol. The predicted octanol–water partition coefficient (Wildman–Crippen LogP) is 2.71. The lowest BCUT2D eigenvalue weighted by Crippen LogP contribution is -1.95. The number of rotatable bonds is 3.